The number of nitrogens with one attached hydrogen (secondary N) is 2. The number of ether oxygens (including phenoxy) is 1. The third-order valence-corrected chi connectivity index (χ3v) is 3.62. The van der Waals surface area contributed by atoms with E-state index in [0.29, 0.717) is 11.3 Å². The molecule has 0 radical (unpaired) electrons. The van der Waals surface area contributed by atoms with Crippen LogP contribution in [-0.4, -0.2) is 24.8 Å². The summed E-state index contributed by atoms with van der Waals surface area (Å²) in [7, 11) is 0. The van der Waals surface area contributed by atoms with Crippen molar-refractivity contribution in [1.82, 2.24) is 5.32 Å². The number of nitrogens with two attached hydrogens (primary N) is 1. The number of rotatable bonds is 6. The standard InChI is InChI=1S/C17H16BrF3N4O2.HI/c18-12-2-1-3-13(8-12)25-15(26)10-24-16(22)23-9-11-4-6-14(7-5-11)27-17(19,20)21;/h1-8H,9-10H2,(H,25,26)(H3,22,23,24);1H. The van der Waals surface area contributed by atoms with Crippen LogP contribution in [0, 0.1) is 0 Å². The Balaban J connectivity index is 0.00000392. The fraction of sp³-hybridized carbons (Fsp3) is 0.176. The first-order valence-corrected chi connectivity index (χ1v) is 8.44. The summed E-state index contributed by atoms with van der Waals surface area (Å²) in [6.07, 6.45) is -4.73. The normalized spacial score (nSPS) is 11.4. The molecule has 0 spiro atoms. The lowest BCUT2D eigenvalue weighted by molar-refractivity contribution is -0.274. The molecular weight excluding hydrogens is 556 g/mol. The van der Waals surface area contributed by atoms with Crippen LogP contribution in [0.15, 0.2) is 58.0 Å². The molecule has 0 saturated heterocycles. The Morgan fingerprint density at radius 3 is 2.46 bits per heavy atom. The lowest BCUT2D eigenvalue weighted by Gasteiger charge is -2.09. The van der Waals surface area contributed by atoms with Crippen LogP contribution in [0.2, 0.25) is 0 Å². The zero-order valence-corrected chi connectivity index (χ0v) is 18.2. The number of carbonyl (C=O) groups is 1. The van der Waals surface area contributed by atoms with E-state index in [1.165, 1.54) is 24.3 Å². The van der Waals surface area contributed by atoms with E-state index >= 15 is 0 Å². The highest BCUT2D eigenvalue weighted by molar-refractivity contribution is 14.0. The van der Waals surface area contributed by atoms with Gasteiger partial charge in [0.25, 0.3) is 0 Å². The molecule has 0 fully saturated rings. The molecule has 4 N–H and O–H groups in total. The number of anilines is 1. The van der Waals surface area contributed by atoms with Crippen molar-refractivity contribution in [3.8, 4) is 5.75 Å². The molecule has 0 aliphatic heterocycles. The zero-order chi connectivity index (χ0) is 19.9. The Labute approximate surface area is 184 Å². The molecule has 0 aliphatic rings. The molecular formula is C17H17BrF3IN4O2. The highest BCUT2D eigenvalue weighted by atomic mass is 127. The number of amides is 1. The van der Waals surface area contributed by atoms with Gasteiger partial charge in [0.05, 0.1) is 13.1 Å². The predicted octanol–water partition coefficient (Wildman–Crippen LogP) is 4.01. The van der Waals surface area contributed by atoms with E-state index in [0.717, 1.165) is 4.47 Å². The van der Waals surface area contributed by atoms with Crippen LogP contribution in [0.4, 0.5) is 18.9 Å². The minimum absolute atomic E-state index is 0. The van der Waals surface area contributed by atoms with Crippen molar-refractivity contribution in [2.45, 2.75) is 12.9 Å². The summed E-state index contributed by atoms with van der Waals surface area (Å²) in [5.74, 6) is -0.583. The van der Waals surface area contributed by atoms with Crippen molar-refractivity contribution < 1.29 is 22.7 Å². The summed E-state index contributed by atoms with van der Waals surface area (Å²) in [5.41, 5.74) is 6.94. The second-order valence-corrected chi connectivity index (χ2v) is 6.22. The topological polar surface area (TPSA) is 88.7 Å². The largest absolute Gasteiger partial charge is 0.573 e. The molecule has 0 aliphatic carbocycles. The number of hydrogen-bond donors (Lipinski definition) is 3. The first kappa shape index (κ1) is 24.0. The Morgan fingerprint density at radius 2 is 1.86 bits per heavy atom. The maximum Gasteiger partial charge on any atom is 0.573 e. The molecule has 6 nitrogen and oxygen atoms in total. The summed E-state index contributed by atoms with van der Waals surface area (Å²) in [6.45, 7) is 0.0542. The Kier molecular flexibility index (Phi) is 9.52. The molecule has 28 heavy (non-hydrogen) atoms. The molecule has 1 amide bonds. The molecule has 0 unspecified atom stereocenters. The van der Waals surface area contributed by atoms with Crippen LogP contribution in [0.25, 0.3) is 0 Å². The van der Waals surface area contributed by atoms with Crippen LogP contribution in [-0.2, 0) is 11.3 Å². The number of carbonyl (C=O) groups excluding carboxylic acids is 1. The van der Waals surface area contributed by atoms with E-state index in [2.05, 4.69) is 36.3 Å². The van der Waals surface area contributed by atoms with Crippen molar-refractivity contribution >= 4 is 57.5 Å². The molecule has 152 valence electrons. The van der Waals surface area contributed by atoms with Gasteiger partial charge in [-0.3, -0.25) is 4.79 Å². The monoisotopic (exact) mass is 572 g/mol. The van der Waals surface area contributed by atoms with E-state index in [4.69, 9.17) is 5.73 Å². The first-order chi connectivity index (χ1) is 12.7. The van der Waals surface area contributed by atoms with Crippen molar-refractivity contribution in [3.63, 3.8) is 0 Å². The number of guanidine groups is 1. The van der Waals surface area contributed by atoms with Gasteiger partial charge in [0.1, 0.15) is 5.75 Å². The highest BCUT2D eigenvalue weighted by Crippen LogP contribution is 2.22. The summed E-state index contributed by atoms with van der Waals surface area (Å²) in [5, 5.41) is 5.35. The van der Waals surface area contributed by atoms with Gasteiger partial charge >= 0.3 is 6.36 Å². The number of benzene rings is 2. The predicted molar refractivity (Wildman–Crippen MR) is 115 cm³/mol. The van der Waals surface area contributed by atoms with Crippen molar-refractivity contribution in [2.75, 3.05) is 11.9 Å². The second kappa shape index (κ2) is 11.1. The molecule has 0 bridgehead atoms. The summed E-state index contributed by atoms with van der Waals surface area (Å²) in [6, 6.07) is 12.4. The van der Waals surface area contributed by atoms with Gasteiger partial charge in [-0.15, -0.1) is 37.1 Å². The first-order valence-electron chi connectivity index (χ1n) is 7.65. The molecule has 0 atom stereocenters. The maximum atomic E-state index is 12.1. The van der Waals surface area contributed by atoms with Crippen LogP contribution in [0.5, 0.6) is 5.75 Å². The molecule has 0 saturated carbocycles. The molecule has 0 heterocycles. The number of alkyl halides is 3. The average Bonchev–Trinajstić information content (AvgIpc) is 2.58. The van der Waals surface area contributed by atoms with Crippen LogP contribution in [0.3, 0.4) is 0 Å². The van der Waals surface area contributed by atoms with E-state index < -0.39 is 6.36 Å². The SMILES string of the molecule is I.NC(=NCc1ccc(OC(F)(F)F)cc1)NCC(=O)Nc1cccc(Br)c1. The van der Waals surface area contributed by atoms with Crippen molar-refractivity contribution in [2.24, 2.45) is 10.7 Å². The molecule has 2 rings (SSSR count). The molecule has 0 aromatic heterocycles. The number of aliphatic imine (C=N–C) groups is 1. The summed E-state index contributed by atoms with van der Waals surface area (Å²) < 4.78 is 40.9. The van der Waals surface area contributed by atoms with Gasteiger partial charge in [0, 0.05) is 10.2 Å². The third-order valence-electron chi connectivity index (χ3n) is 3.13. The quantitative estimate of drug-likeness (QED) is 0.277. The number of halogens is 5. The zero-order valence-electron chi connectivity index (χ0n) is 14.3. The van der Waals surface area contributed by atoms with Gasteiger partial charge in [-0.2, -0.15) is 0 Å². The minimum Gasteiger partial charge on any atom is -0.406 e. The molecule has 11 heteroatoms. The van der Waals surface area contributed by atoms with E-state index in [9.17, 15) is 18.0 Å². The highest BCUT2D eigenvalue weighted by Gasteiger charge is 2.30. The van der Waals surface area contributed by atoms with Gasteiger partial charge in [-0.05, 0) is 35.9 Å². The smallest absolute Gasteiger partial charge is 0.406 e. The third kappa shape index (κ3) is 9.26. The number of hydrogen-bond acceptors (Lipinski definition) is 3. The summed E-state index contributed by atoms with van der Waals surface area (Å²) >= 11 is 3.31. The van der Waals surface area contributed by atoms with Gasteiger partial charge in [-0.1, -0.05) is 34.1 Å². The Bertz CT molecular complexity index is 817. The van der Waals surface area contributed by atoms with Crippen molar-refractivity contribution in [3.05, 3.63) is 58.6 Å². The Morgan fingerprint density at radius 1 is 1.18 bits per heavy atom. The number of nitrogens with zero attached hydrogens (tertiary/aromatic N) is 1. The lowest BCUT2D eigenvalue weighted by atomic mass is 10.2. The minimum atomic E-state index is -4.73. The van der Waals surface area contributed by atoms with Gasteiger partial charge in [0.2, 0.25) is 5.91 Å². The maximum absolute atomic E-state index is 12.1. The lowest BCUT2D eigenvalue weighted by Crippen LogP contribution is -2.37. The fourth-order valence-electron chi connectivity index (χ4n) is 1.97. The van der Waals surface area contributed by atoms with Crippen LogP contribution in [0.1, 0.15) is 5.56 Å². The molecule has 2 aromatic carbocycles. The second-order valence-electron chi connectivity index (χ2n) is 5.31. The van der Waals surface area contributed by atoms with Gasteiger partial charge < -0.3 is 21.1 Å². The van der Waals surface area contributed by atoms with E-state index in [1.54, 1.807) is 18.2 Å². The van der Waals surface area contributed by atoms with E-state index in [1.807, 2.05) is 6.07 Å². The summed E-state index contributed by atoms with van der Waals surface area (Å²) in [4.78, 5) is 15.9. The molecule has 2 aromatic rings. The van der Waals surface area contributed by atoms with Crippen LogP contribution < -0.4 is 21.1 Å². The van der Waals surface area contributed by atoms with E-state index in [-0.39, 0.29) is 54.7 Å². The average molecular weight is 573 g/mol. The fourth-order valence-corrected chi connectivity index (χ4v) is 2.37. The van der Waals surface area contributed by atoms with Gasteiger partial charge in [-0.25, -0.2) is 4.99 Å². The van der Waals surface area contributed by atoms with Crippen LogP contribution >= 0.6 is 39.9 Å². The Hall–Kier alpha value is -2.02. The van der Waals surface area contributed by atoms with Gasteiger partial charge in [0.15, 0.2) is 5.96 Å². The van der Waals surface area contributed by atoms with Crippen molar-refractivity contribution in [1.29, 1.82) is 0 Å².